The summed E-state index contributed by atoms with van der Waals surface area (Å²) >= 11 is 7.73. The number of nitrogens with zero attached hydrogens (tertiary/aromatic N) is 1. The number of thiazole rings is 1. The van der Waals surface area contributed by atoms with E-state index in [0.717, 1.165) is 12.0 Å². The van der Waals surface area contributed by atoms with E-state index >= 15 is 0 Å². The zero-order chi connectivity index (χ0) is 20.3. The molecule has 1 heterocycles. The van der Waals surface area contributed by atoms with Crippen molar-refractivity contribution >= 4 is 39.9 Å². The number of rotatable bonds is 6. The van der Waals surface area contributed by atoms with Gasteiger partial charge in [0.2, 0.25) is 0 Å². The fraction of sp³-hybridized carbons (Fsp3) is 0.190. The highest BCUT2D eigenvalue weighted by molar-refractivity contribution is 7.14. The van der Waals surface area contributed by atoms with E-state index in [0.29, 0.717) is 27.3 Å². The molecule has 0 spiro atoms. The first kappa shape index (κ1) is 20.0. The van der Waals surface area contributed by atoms with E-state index in [9.17, 15) is 9.59 Å². The molecule has 5 nitrogen and oxygen atoms in total. The number of benzene rings is 2. The summed E-state index contributed by atoms with van der Waals surface area (Å²) in [4.78, 5) is 27.7. The predicted octanol–water partition coefficient (Wildman–Crippen LogP) is 5.61. The maximum absolute atomic E-state index is 12.3. The van der Waals surface area contributed by atoms with Crippen molar-refractivity contribution in [3.63, 3.8) is 0 Å². The minimum absolute atomic E-state index is 0.128. The molecule has 3 rings (SSSR count). The molecule has 0 saturated heterocycles. The number of aromatic nitrogens is 1. The van der Waals surface area contributed by atoms with Crippen molar-refractivity contribution in [1.82, 2.24) is 4.98 Å². The lowest BCUT2D eigenvalue weighted by atomic mass is 10.0. The summed E-state index contributed by atoms with van der Waals surface area (Å²) in [5.41, 5.74) is 3.18. The average molecular weight is 415 g/mol. The third kappa shape index (κ3) is 4.77. The topological polar surface area (TPSA) is 79.3 Å². The Morgan fingerprint density at radius 2 is 1.82 bits per heavy atom. The fourth-order valence-corrected chi connectivity index (χ4v) is 3.76. The Balaban J connectivity index is 1.73. The van der Waals surface area contributed by atoms with Crippen LogP contribution in [0.25, 0.3) is 11.3 Å². The summed E-state index contributed by atoms with van der Waals surface area (Å²) in [7, 11) is 0. The minimum Gasteiger partial charge on any atom is -0.478 e. The number of amides is 1. The number of anilines is 1. The first-order chi connectivity index (χ1) is 13.3. The van der Waals surface area contributed by atoms with Gasteiger partial charge in [0.15, 0.2) is 5.13 Å². The van der Waals surface area contributed by atoms with Crippen LogP contribution in [0.5, 0.6) is 0 Å². The highest BCUT2D eigenvalue weighted by Gasteiger charge is 2.13. The van der Waals surface area contributed by atoms with Crippen molar-refractivity contribution in [3.05, 3.63) is 69.6 Å². The number of nitrogens with one attached hydrogen (secondary N) is 1. The fourth-order valence-electron chi connectivity index (χ4n) is 2.75. The lowest BCUT2D eigenvalue weighted by Crippen LogP contribution is -2.12. The summed E-state index contributed by atoms with van der Waals surface area (Å²) in [6.07, 6.45) is 0.957. The van der Waals surface area contributed by atoms with Gasteiger partial charge < -0.3 is 5.11 Å². The molecule has 0 aliphatic heterocycles. The van der Waals surface area contributed by atoms with Crippen molar-refractivity contribution in [2.45, 2.75) is 20.3 Å². The van der Waals surface area contributed by atoms with Crippen molar-refractivity contribution in [1.29, 1.82) is 0 Å². The first-order valence-electron chi connectivity index (χ1n) is 8.72. The van der Waals surface area contributed by atoms with Gasteiger partial charge in [0.1, 0.15) is 0 Å². The number of halogens is 1. The van der Waals surface area contributed by atoms with Gasteiger partial charge in [0.25, 0.3) is 5.91 Å². The lowest BCUT2D eigenvalue weighted by molar-refractivity contribution is 0.0696. The van der Waals surface area contributed by atoms with Gasteiger partial charge in [-0.1, -0.05) is 37.6 Å². The molecule has 0 fully saturated rings. The maximum atomic E-state index is 12.3. The monoisotopic (exact) mass is 414 g/mol. The molecular weight excluding hydrogens is 396 g/mol. The molecule has 2 aromatic carbocycles. The summed E-state index contributed by atoms with van der Waals surface area (Å²) in [6.45, 7) is 4.32. The quantitative estimate of drug-likeness (QED) is 0.549. The molecule has 28 heavy (non-hydrogen) atoms. The Hall–Kier alpha value is -2.70. The van der Waals surface area contributed by atoms with Crippen LogP contribution < -0.4 is 5.32 Å². The van der Waals surface area contributed by atoms with Crippen LogP contribution in [0, 0.1) is 5.92 Å². The summed E-state index contributed by atoms with van der Waals surface area (Å²) in [5.74, 6) is -0.836. The Labute approximate surface area is 172 Å². The number of hydrogen-bond acceptors (Lipinski definition) is 4. The van der Waals surface area contributed by atoms with E-state index in [1.165, 1.54) is 41.2 Å². The second kappa shape index (κ2) is 8.54. The average Bonchev–Trinajstić information content (AvgIpc) is 3.09. The molecule has 1 aromatic heterocycles. The van der Waals surface area contributed by atoms with Gasteiger partial charge in [0.05, 0.1) is 16.3 Å². The van der Waals surface area contributed by atoms with Gasteiger partial charge in [0, 0.05) is 16.5 Å². The zero-order valence-electron chi connectivity index (χ0n) is 15.4. The molecule has 0 unspecified atom stereocenters. The second-order valence-electron chi connectivity index (χ2n) is 6.79. The highest BCUT2D eigenvalue weighted by atomic mass is 35.5. The highest BCUT2D eigenvalue weighted by Crippen LogP contribution is 2.32. The van der Waals surface area contributed by atoms with Gasteiger partial charge in [-0.3, -0.25) is 10.1 Å². The molecule has 3 aromatic rings. The second-order valence-corrected chi connectivity index (χ2v) is 8.05. The van der Waals surface area contributed by atoms with Crippen molar-refractivity contribution in [2.24, 2.45) is 5.92 Å². The standard InChI is InChI=1S/C21H19ClN2O3S/c1-12(2)9-13-3-8-16(17(22)10-13)18-11-28-21(23-18)24-19(25)14-4-6-15(7-5-14)20(26)27/h3-8,10-12H,9H2,1-2H3,(H,26,27)(H,23,24,25). The van der Waals surface area contributed by atoms with E-state index in [2.05, 4.69) is 24.1 Å². The smallest absolute Gasteiger partial charge is 0.335 e. The molecule has 0 radical (unpaired) electrons. The van der Waals surface area contributed by atoms with Gasteiger partial charge in [-0.25, -0.2) is 9.78 Å². The maximum Gasteiger partial charge on any atom is 0.335 e. The van der Waals surface area contributed by atoms with E-state index < -0.39 is 5.97 Å². The Bertz CT molecular complexity index is 1010. The molecule has 0 bridgehead atoms. The molecule has 2 N–H and O–H groups in total. The molecule has 7 heteroatoms. The summed E-state index contributed by atoms with van der Waals surface area (Å²) in [5, 5.41) is 14.6. The van der Waals surface area contributed by atoms with Crippen LogP contribution in [0.4, 0.5) is 5.13 Å². The summed E-state index contributed by atoms with van der Waals surface area (Å²) in [6, 6.07) is 11.7. The van der Waals surface area contributed by atoms with E-state index in [-0.39, 0.29) is 11.5 Å². The van der Waals surface area contributed by atoms with E-state index in [4.69, 9.17) is 16.7 Å². The normalized spacial score (nSPS) is 10.9. The lowest BCUT2D eigenvalue weighted by Gasteiger charge is -2.07. The number of aromatic carboxylic acids is 1. The molecule has 0 atom stereocenters. The van der Waals surface area contributed by atoms with E-state index in [1.54, 1.807) is 0 Å². The van der Waals surface area contributed by atoms with Crippen LogP contribution in [0.3, 0.4) is 0 Å². The van der Waals surface area contributed by atoms with Crippen LogP contribution in [-0.2, 0) is 6.42 Å². The zero-order valence-corrected chi connectivity index (χ0v) is 17.0. The number of hydrogen-bond donors (Lipinski definition) is 2. The molecule has 144 valence electrons. The molecule has 1 amide bonds. The van der Waals surface area contributed by atoms with Crippen molar-refractivity contribution in [3.8, 4) is 11.3 Å². The summed E-state index contributed by atoms with van der Waals surface area (Å²) < 4.78 is 0. The molecule has 0 saturated carbocycles. The minimum atomic E-state index is -1.03. The number of carbonyl (C=O) groups is 2. The van der Waals surface area contributed by atoms with Gasteiger partial charge in [-0.05, 0) is 48.2 Å². The first-order valence-corrected chi connectivity index (χ1v) is 9.98. The largest absolute Gasteiger partial charge is 0.478 e. The van der Waals surface area contributed by atoms with Crippen LogP contribution in [0.2, 0.25) is 5.02 Å². The number of carbonyl (C=O) groups excluding carboxylic acids is 1. The predicted molar refractivity (Wildman–Crippen MR) is 112 cm³/mol. The van der Waals surface area contributed by atoms with Crippen molar-refractivity contribution in [2.75, 3.05) is 5.32 Å². The number of carboxylic acids is 1. The number of carboxylic acid groups (broad SMARTS) is 1. The van der Waals surface area contributed by atoms with Gasteiger partial charge in [-0.2, -0.15) is 0 Å². The van der Waals surface area contributed by atoms with Crippen LogP contribution in [-0.4, -0.2) is 22.0 Å². The van der Waals surface area contributed by atoms with Crippen LogP contribution >= 0.6 is 22.9 Å². The van der Waals surface area contributed by atoms with Gasteiger partial charge in [-0.15, -0.1) is 11.3 Å². The third-order valence-corrected chi connectivity index (χ3v) is 5.14. The van der Waals surface area contributed by atoms with E-state index in [1.807, 2.05) is 23.6 Å². The van der Waals surface area contributed by atoms with Crippen LogP contribution in [0.15, 0.2) is 47.8 Å². The Kier molecular flexibility index (Phi) is 6.11. The van der Waals surface area contributed by atoms with Crippen molar-refractivity contribution < 1.29 is 14.7 Å². The SMILES string of the molecule is CC(C)Cc1ccc(-c2csc(NC(=O)c3ccc(C(=O)O)cc3)n2)c(Cl)c1. The Morgan fingerprint density at radius 3 is 2.43 bits per heavy atom. The van der Waals surface area contributed by atoms with Gasteiger partial charge >= 0.3 is 5.97 Å². The Morgan fingerprint density at radius 1 is 1.14 bits per heavy atom. The van der Waals surface area contributed by atoms with Crippen LogP contribution in [0.1, 0.15) is 40.1 Å². The third-order valence-electron chi connectivity index (χ3n) is 4.07. The molecule has 0 aliphatic rings. The molecule has 0 aliphatic carbocycles. The molecular formula is C21H19ClN2O3S.